The van der Waals surface area contributed by atoms with Gasteiger partial charge in [0.05, 0.1) is 18.5 Å². The van der Waals surface area contributed by atoms with Crippen molar-refractivity contribution in [1.29, 1.82) is 0 Å². The molecule has 6 nitrogen and oxygen atoms in total. The second-order valence-corrected chi connectivity index (χ2v) is 4.98. The summed E-state index contributed by atoms with van der Waals surface area (Å²) in [4.78, 5) is 18.7. The molecule has 0 N–H and O–H groups in total. The minimum absolute atomic E-state index is 0.333. The Morgan fingerprint density at radius 1 is 1.40 bits per heavy atom. The molecule has 0 atom stereocenters. The van der Waals surface area contributed by atoms with Crippen molar-refractivity contribution in [2.24, 2.45) is 0 Å². The molecule has 6 heteroatoms. The molecular formula is C14H18N4O2. The van der Waals surface area contributed by atoms with Crippen molar-refractivity contribution < 1.29 is 9.53 Å². The monoisotopic (exact) mass is 274 g/mol. The van der Waals surface area contributed by atoms with Gasteiger partial charge in [-0.2, -0.15) is 5.10 Å². The molecule has 0 amide bonds. The second-order valence-electron chi connectivity index (χ2n) is 4.98. The second kappa shape index (κ2) is 5.11. The largest absolute Gasteiger partial charge is 0.461 e. The number of carbonyl (C=O) groups excluding carboxylic acids is 1. The number of carbonyl (C=O) groups is 1. The van der Waals surface area contributed by atoms with Gasteiger partial charge in [0.15, 0.2) is 11.5 Å². The van der Waals surface area contributed by atoms with E-state index in [-0.39, 0.29) is 5.97 Å². The first kappa shape index (κ1) is 12.9. The third-order valence-electron chi connectivity index (χ3n) is 3.45. The highest BCUT2D eigenvalue weighted by molar-refractivity contribution is 5.90. The molecule has 3 rings (SSSR count). The Morgan fingerprint density at radius 3 is 2.85 bits per heavy atom. The standard InChI is InChI=1S/C14H18N4O2/c1-3-20-14(19)11-8-12-13(17-6-4-5-7-17)15-10(2)9-18(12)16-11/h8-9H,3-7H2,1-2H3. The van der Waals surface area contributed by atoms with Gasteiger partial charge >= 0.3 is 5.97 Å². The highest BCUT2D eigenvalue weighted by atomic mass is 16.5. The molecule has 3 heterocycles. The molecule has 1 aliphatic heterocycles. The van der Waals surface area contributed by atoms with E-state index in [1.54, 1.807) is 17.5 Å². The van der Waals surface area contributed by atoms with Gasteiger partial charge in [0, 0.05) is 19.2 Å². The third kappa shape index (κ3) is 2.21. The number of nitrogens with zero attached hydrogens (tertiary/aromatic N) is 4. The molecule has 0 radical (unpaired) electrons. The zero-order valence-corrected chi connectivity index (χ0v) is 11.8. The molecule has 2 aromatic rings. The minimum atomic E-state index is -0.388. The molecule has 0 spiro atoms. The Labute approximate surface area is 117 Å². The number of hydrogen-bond acceptors (Lipinski definition) is 5. The summed E-state index contributed by atoms with van der Waals surface area (Å²) in [7, 11) is 0. The van der Waals surface area contributed by atoms with Gasteiger partial charge in [0.1, 0.15) is 5.52 Å². The van der Waals surface area contributed by atoms with E-state index in [2.05, 4.69) is 15.0 Å². The van der Waals surface area contributed by atoms with Crippen LogP contribution < -0.4 is 4.90 Å². The van der Waals surface area contributed by atoms with E-state index in [9.17, 15) is 4.79 Å². The van der Waals surface area contributed by atoms with Gasteiger partial charge in [-0.05, 0) is 26.7 Å². The number of esters is 1. The van der Waals surface area contributed by atoms with Crippen LogP contribution in [-0.4, -0.2) is 40.3 Å². The average molecular weight is 274 g/mol. The molecule has 20 heavy (non-hydrogen) atoms. The highest BCUT2D eigenvalue weighted by Gasteiger charge is 2.20. The molecule has 0 unspecified atom stereocenters. The van der Waals surface area contributed by atoms with E-state index in [4.69, 9.17) is 4.74 Å². The molecule has 0 aliphatic carbocycles. The number of fused-ring (bicyclic) bond motifs is 1. The van der Waals surface area contributed by atoms with Crippen LogP contribution in [0.5, 0.6) is 0 Å². The smallest absolute Gasteiger partial charge is 0.358 e. The molecule has 0 saturated carbocycles. The molecule has 0 bridgehead atoms. The number of rotatable bonds is 3. The summed E-state index contributed by atoms with van der Waals surface area (Å²) < 4.78 is 6.73. The van der Waals surface area contributed by atoms with Gasteiger partial charge in [-0.25, -0.2) is 14.3 Å². The van der Waals surface area contributed by atoms with Gasteiger partial charge in [-0.1, -0.05) is 0 Å². The van der Waals surface area contributed by atoms with Gasteiger partial charge in [0.2, 0.25) is 0 Å². The van der Waals surface area contributed by atoms with Crippen LogP contribution >= 0.6 is 0 Å². The fraction of sp³-hybridized carbons (Fsp3) is 0.500. The maximum Gasteiger partial charge on any atom is 0.358 e. The van der Waals surface area contributed by atoms with Gasteiger partial charge in [-0.3, -0.25) is 0 Å². The van der Waals surface area contributed by atoms with Crippen LogP contribution in [0, 0.1) is 6.92 Å². The predicted octanol–water partition coefficient (Wildman–Crippen LogP) is 1.81. The van der Waals surface area contributed by atoms with E-state index < -0.39 is 0 Å². The molecule has 2 aromatic heterocycles. The van der Waals surface area contributed by atoms with Crippen LogP contribution in [0.3, 0.4) is 0 Å². The van der Waals surface area contributed by atoms with Crippen molar-refractivity contribution in [1.82, 2.24) is 14.6 Å². The lowest BCUT2D eigenvalue weighted by molar-refractivity contribution is 0.0519. The first-order chi connectivity index (χ1) is 9.69. The molecule has 1 fully saturated rings. The van der Waals surface area contributed by atoms with Gasteiger partial charge in [0.25, 0.3) is 0 Å². The fourth-order valence-corrected chi connectivity index (χ4v) is 2.56. The lowest BCUT2D eigenvalue weighted by Crippen LogP contribution is -2.20. The number of hydrogen-bond donors (Lipinski definition) is 0. The SMILES string of the molecule is CCOC(=O)c1cc2c(N3CCCC3)nc(C)cn2n1. The number of aromatic nitrogens is 3. The normalized spacial score (nSPS) is 15.0. The lowest BCUT2D eigenvalue weighted by Gasteiger charge is -2.17. The summed E-state index contributed by atoms with van der Waals surface area (Å²) in [5, 5.41) is 4.30. The van der Waals surface area contributed by atoms with E-state index in [1.165, 1.54) is 12.8 Å². The van der Waals surface area contributed by atoms with E-state index >= 15 is 0 Å². The fourth-order valence-electron chi connectivity index (χ4n) is 2.56. The molecule has 1 saturated heterocycles. The van der Waals surface area contributed by atoms with E-state index in [1.807, 2.05) is 13.1 Å². The Hall–Kier alpha value is -2.11. The number of anilines is 1. The van der Waals surface area contributed by atoms with Crippen molar-refractivity contribution in [3.05, 3.63) is 23.7 Å². The van der Waals surface area contributed by atoms with Crippen molar-refractivity contribution in [2.45, 2.75) is 26.7 Å². The van der Waals surface area contributed by atoms with Crippen molar-refractivity contribution in [3.63, 3.8) is 0 Å². The Balaban J connectivity index is 2.07. The lowest BCUT2D eigenvalue weighted by atomic mass is 10.3. The van der Waals surface area contributed by atoms with E-state index in [0.29, 0.717) is 12.3 Å². The molecule has 1 aliphatic rings. The summed E-state index contributed by atoms with van der Waals surface area (Å²) in [5.41, 5.74) is 2.08. The van der Waals surface area contributed by atoms with Crippen molar-refractivity contribution >= 4 is 17.3 Å². The van der Waals surface area contributed by atoms with Gasteiger partial charge in [-0.15, -0.1) is 0 Å². The zero-order valence-electron chi connectivity index (χ0n) is 11.8. The molecule has 106 valence electrons. The van der Waals surface area contributed by atoms with Crippen LogP contribution in [-0.2, 0) is 4.74 Å². The quantitative estimate of drug-likeness (QED) is 0.799. The summed E-state index contributed by atoms with van der Waals surface area (Å²) in [6, 6.07) is 1.76. The van der Waals surface area contributed by atoms with E-state index in [0.717, 1.165) is 30.1 Å². The average Bonchev–Trinajstić information content (AvgIpc) is 3.06. The van der Waals surface area contributed by atoms with Crippen LogP contribution in [0.2, 0.25) is 0 Å². The maximum absolute atomic E-state index is 11.8. The first-order valence-electron chi connectivity index (χ1n) is 6.98. The zero-order chi connectivity index (χ0) is 14.1. The third-order valence-corrected chi connectivity index (χ3v) is 3.45. The molecule has 0 aromatic carbocycles. The number of aryl methyl sites for hydroxylation is 1. The highest BCUT2D eigenvalue weighted by Crippen LogP contribution is 2.24. The summed E-state index contributed by atoms with van der Waals surface area (Å²) >= 11 is 0. The summed E-state index contributed by atoms with van der Waals surface area (Å²) in [6.07, 6.45) is 4.19. The summed E-state index contributed by atoms with van der Waals surface area (Å²) in [6.45, 7) is 6.08. The Kier molecular flexibility index (Phi) is 3.30. The Morgan fingerprint density at radius 2 is 2.15 bits per heavy atom. The minimum Gasteiger partial charge on any atom is -0.461 e. The summed E-state index contributed by atoms with van der Waals surface area (Å²) in [5.74, 6) is 0.520. The van der Waals surface area contributed by atoms with Crippen LogP contribution in [0.4, 0.5) is 5.82 Å². The van der Waals surface area contributed by atoms with Crippen LogP contribution in [0.15, 0.2) is 12.3 Å². The van der Waals surface area contributed by atoms with Crippen LogP contribution in [0.25, 0.3) is 5.52 Å². The van der Waals surface area contributed by atoms with Gasteiger partial charge < -0.3 is 9.64 Å². The molecular weight excluding hydrogens is 256 g/mol. The van der Waals surface area contributed by atoms with Crippen molar-refractivity contribution in [3.8, 4) is 0 Å². The predicted molar refractivity (Wildman–Crippen MR) is 75.1 cm³/mol. The first-order valence-corrected chi connectivity index (χ1v) is 6.98. The maximum atomic E-state index is 11.8. The van der Waals surface area contributed by atoms with Crippen LogP contribution in [0.1, 0.15) is 35.9 Å². The number of ether oxygens (including phenoxy) is 1. The van der Waals surface area contributed by atoms with Crippen molar-refractivity contribution in [2.75, 3.05) is 24.6 Å². The Bertz CT molecular complexity index is 644. The topological polar surface area (TPSA) is 59.7 Å².